The van der Waals surface area contributed by atoms with Gasteiger partial charge < -0.3 is 18.8 Å². The van der Waals surface area contributed by atoms with Crippen molar-refractivity contribution in [2.24, 2.45) is 0 Å². The summed E-state index contributed by atoms with van der Waals surface area (Å²) in [7, 11) is -3.97. The van der Waals surface area contributed by atoms with E-state index in [-0.39, 0.29) is 39.7 Å². The van der Waals surface area contributed by atoms with E-state index in [1.165, 1.54) is 54.8 Å². The summed E-state index contributed by atoms with van der Waals surface area (Å²) in [4.78, 5) is 7.85. The smallest absolute Gasteiger partial charge is 0.443 e. The molecule has 0 atom stereocenters. The molecule has 8 nitrogen and oxygen atoms in total. The molecule has 2 aromatic heterocycles. The summed E-state index contributed by atoms with van der Waals surface area (Å²) >= 11 is 0. The van der Waals surface area contributed by atoms with Crippen molar-refractivity contribution in [1.82, 2.24) is 14.5 Å². The van der Waals surface area contributed by atoms with Crippen molar-refractivity contribution in [2.45, 2.75) is 44.1 Å². The maximum absolute atomic E-state index is 15.1. The number of benzene rings is 3. The molecular formula is C31H25F6N3O5S. The van der Waals surface area contributed by atoms with Crippen molar-refractivity contribution in [3.8, 4) is 45.1 Å². The largest absolute Gasteiger partial charge is 0.573 e. The number of oxazole rings is 1. The average molecular weight is 666 g/mol. The fourth-order valence-electron chi connectivity index (χ4n) is 4.90. The van der Waals surface area contributed by atoms with Crippen LogP contribution < -0.4 is 4.74 Å². The van der Waals surface area contributed by atoms with Crippen LogP contribution in [0.1, 0.15) is 30.4 Å². The number of hydrogen-bond donors (Lipinski definition) is 1. The highest BCUT2D eigenvalue weighted by atomic mass is 32.2. The summed E-state index contributed by atoms with van der Waals surface area (Å²) in [6.07, 6.45) is -2.30. The lowest BCUT2D eigenvalue weighted by Gasteiger charge is -2.15. The van der Waals surface area contributed by atoms with E-state index in [1.807, 2.05) is 0 Å². The van der Waals surface area contributed by atoms with Gasteiger partial charge in [-0.05, 0) is 66.6 Å². The van der Waals surface area contributed by atoms with Gasteiger partial charge in [0.1, 0.15) is 28.8 Å². The standard InChI is InChI=1S/C31H25F6N3O5S/c1-4-30(33,34)27-14-40(17(2)39-27)25-10-7-19(20-12-24(32)23(15-41)26(13-20)46(3,42)43)11-22(25)29-28(38-16-44-29)18-5-8-21(9-6-18)45-31(35,36)37/h5-14,16,41H,4,15H2,1-3H3. The summed E-state index contributed by atoms with van der Waals surface area (Å²) in [6, 6.07) is 11.6. The summed E-state index contributed by atoms with van der Waals surface area (Å²) in [5.41, 5.74) is 0.466. The molecule has 0 unspecified atom stereocenters. The third kappa shape index (κ3) is 6.51. The number of ether oxygens (including phenoxy) is 1. The predicted molar refractivity (Wildman–Crippen MR) is 155 cm³/mol. The van der Waals surface area contributed by atoms with Gasteiger partial charge in [-0.2, -0.15) is 8.78 Å². The Morgan fingerprint density at radius 2 is 1.65 bits per heavy atom. The second-order valence-electron chi connectivity index (χ2n) is 10.3. The van der Waals surface area contributed by atoms with Gasteiger partial charge in [0.05, 0.1) is 17.2 Å². The molecule has 0 aliphatic heterocycles. The average Bonchev–Trinajstić information content (AvgIpc) is 3.63. The van der Waals surface area contributed by atoms with Gasteiger partial charge in [-0.25, -0.2) is 22.8 Å². The number of aryl methyl sites for hydroxylation is 1. The van der Waals surface area contributed by atoms with Crippen LogP contribution in [-0.4, -0.2) is 40.7 Å². The number of halogens is 6. The number of sulfone groups is 1. The van der Waals surface area contributed by atoms with Crippen LogP contribution in [0, 0.1) is 12.7 Å². The Balaban J connectivity index is 1.73. The SMILES string of the molecule is CCC(F)(F)c1cn(-c2ccc(-c3cc(F)c(CO)c(S(C)(=O)=O)c3)cc2-c2ocnc2-c2ccc(OC(F)(F)F)cc2)c(C)n1. The molecule has 0 saturated heterocycles. The first-order valence-corrected chi connectivity index (χ1v) is 15.4. The predicted octanol–water partition coefficient (Wildman–Crippen LogP) is 7.61. The normalized spacial score (nSPS) is 12.5. The minimum Gasteiger partial charge on any atom is -0.443 e. The second kappa shape index (κ2) is 11.9. The highest BCUT2D eigenvalue weighted by Crippen LogP contribution is 2.40. The zero-order valence-corrected chi connectivity index (χ0v) is 25.2. The van der Waals surface area contributed by atoms with E-state index >= 15 is 4.39 Å². The number of aliphatic hydroxyl groups excluding tert-OH is 1. The molecule has 3 aromatic carbocycles. The lowest BCUT2D eigenvalue weighted by molar-refractivity contribution is -0.274. The first kappa shape index (κ1) is 32.8. The number of imidazole rings is 1. The van der Waals surface area contributed by atoms with Gasteiger partial charge in [-0.15, -0.1) is 13.2 Å². The van der Waals surface area contributed by atoms with E-state index < -0.39 is 62.9 Å². The maximum atomic E-state index is 15.1. The monoisotopic (exact) mass is 665 g/mol. The van der Waals surface area contributed by atoms with Crippen molar-refractivity contribution in [3.63, 3.8) is 0 Å². The molecule has 15 heteroatoms. The lowest BCUT2D eigenvalue weighted by Crippen LogP contribution is -2.16. The van der Waals surface area contributed by atoms with Crippen LogP contribution >= 0.6 is 0 Å². The molecule has 2 heterocycles. The summed E-state index contributed by atoms with van der Waals surface area (Å²) < 4.78 is 118. The molecule has 0 fully saturated rings. The Kier molecular flexibility index (Phi) is 8.51. The van der Waals surface area contributed by atoms with E-state index in [0.29, 0.717) is 5.56 Å². The van der Waals surface area contributed by atoms with Crippen LogP contribution in [-0.2, 0) is 22.4 Å². The molecule has 0 saturated carbocycles. The van der Waals surface area contributed by atoms with Crippen LogP contribution in [0.4, 0.5) is 26.3 Å². The molecule has 0 spiro atoms. The van der Waals surface area contributed by atoms with Crippen molar-refractivity contribution in [1.29, 1.82) is 0 Å². The van der Waals surface area contributed by atoms with Gasteiger partial charge in [0.25, 0.3) is 5.92 Å². The van der Waals surface area contributed by atoms with E-state index in [0.717, 1.165) is 37.0 Å². The van der Waals surface area contributed by atoms with Gasteiger partial charge in [0, 0.05) is 35.6 Å². The molecule has 0 amide bonds. The first-order chi connectivity index (χ1) is 21.5. The van der Waals surface area contributed by atoms with Gasteiger partial charge >= 0.3 is 6.36 Å². The lowest BCUT2D eigenvalue weighted by atomic mass is 9.97. The van der Waals surface area contributed by atoms with Crippen LogP contribution in [0.25, 0.3) is 39.4 Å². The fraction of sp³-hybridized carbons (Fsp3) is 0.226. The number of alkyl halides is 5. The summed E-state index contributed by atoms with van der Waals surface area (Å²) in [5, 5.41) is 9.62. The molecule has 46 heavy (non-hydrogen) atoms. The van der Waals surface area contributed by atoms with Gasteiger partial charge in [-0.1, -0.05) is 13.0 Å². The summed E-state index contributed by atoms with van der Waals surface area (Å²) in [6.45, 7) is 1.96. The quantitative estimate of drug-likeness (QED) is 0.162. The van der Waals surface area contributed by atoms with Crippen molar-refractivity contribution >= 4 is 9.84 Å². The highest BCUT2D eigenvalue weighted by Gasteiger charge is 2.34. The minimum absolute atomic E-state index is 0.0639. The van der Waals surface area contributed by atoms with E-state index in [4.69, 9.17) is 4.42 Å². The molecule has 5 aromatic rings. The van der Waals surface area contributed by atoms with E-state index in [2.05, 4.69) is 14.7 Å². The first-order valence-electron chi connectivity index (χ1n) is 13.5. The molecule has 0 radical (unpaired) electrons. The fourth-order valence-corrected chi connectivity index (χ4v) is 5.85. The second-order valence-corrected chi connectivity index (χ2v) is 12.3. The topological polar surface area (TPSA) is 107 Å². The Bertz CT molecular complexity index is 2020. The molecule has 1 N–H and O–H groups in total. The van der Waals surface area contributed by atoms with E-state index in [9.17, 15) is 35.5 Å². The zero-order chi connectivity index (χ0) is 33.6. The third-order valence-corrected chi connectivity index (χ3v) is 8.34. The van der Waals surface area contributed by atoms with Crippen LogP contribution in [0.15, 0.2) is 76.5 Å². The number of aromatic nitrogens is 3. The Labute approximate surface area is 258 Å². The van der Waals surface area contributed by atoms with E-state index in [1.54, 1.807) is 0 Å². The highest BCUT2D eigenvalue weighted by molar-refractivity contribution is 7.90. The van der Waals surface area contributed by atoms with Crippen molar-refractivity contribution in [2.75, 3.05) is 6.26 Å². The number of nitrogens with zero attached hydrogens (tertiary/aromatic N) is 3. The molecule has 5 rings (SSSR count). The van der Waals surface area contributed by atoms with Crippen LogP contribution in [0.3, 0.4) is 0 Å². The molecule has 0 bridgehead atoms. The summed E-state index contributed by atoms with van der Waals surface area (Å²) in [5.74, 6) is -4.43. The third-order valence-electron chi connectivity index (χ3n) is 7.18. The van der Waals surface area contributed by atoms with Crippen LogP contribution in [0.5, 0.6) is 5.75 Å². The molecular weight excluding hydrogens is 640 g/mol. The van der Waals surface area contributed by atoms with Gasteiger partial charge in [0.15, 0.2) is 22.0 Å². The zero-order valence-electron chi connectivity index (χ0n) is 24.4. The van der Waals surface area contributed by atoms with Gasteiger partial charge in [0.2, 0.25) is 0 Å². The van der Waals surface area contributed by atoms with Gasteiger partial charge in [-0.3, -0.25) is 0 Å². The maximum Gasteiger partial charge on any atom is 0.573 e. The van der Waals surface area contributed by atoms with Crippen molar-refractivity contribution in [3.05, 3.63) is 90.1 Å². The number of aliphatic hydroxyl groups is 1. The van der Waals surface area contributed by atoms with Crippen LogP contribution in [0.2, 0.25) is 0 Å². The minimum atomic E-state index is -4.90. The molecule has 0 aliphatic carbocycles. The molecule has 0 aliphatic rings. The Morgan fingerprint density at radius 1 is 0.978 bits per heavy atom. The number of hydrogen-bond acceptors (Lipinski definition) is 7. The molecule has 242 valence electrons. The Morgan fingerprint density at radius 3 is 2.26 bits per heavy atom. The Hall–Kier alpha value is -4.63. The van der Waals surface area contributed by atoms with Crippen molar-refractivity contribution < 1.29 is 49.0 Å². The number of rotatable bonds is 9.